The number of carbonyl (C=O) groups excluding carboxylic acids is 1. The molecular weight excluding hydrogens is 273 g/mol. The largest absolute Gasteiger partial charge is 0.412 e. The lowest BCUT2D eigenvalue weighted by Gasteiger charge is -2.17. The van der Waals surface area contributed by atoms with E-state index in [9.17, 15) is 9.18 Å². The van der Waals surface area contributed by atoms with Crippen LogP contribution in [0.25, 0.3) is 11.5 Å². The van der Waals surface area contributed by atoms with Crippen LogP contribution >= 0.6 is 0 Å². The summed E-state index contributed by atoms with van der Waals surface area (Å²) < 4.78 is 18.3. The smallest absolute Gasteiger partial charge is 0.311 e. The molecule has 1 aromatic carbocycles. The lowest BCUT2D eigenvalue weighted by atomic mass is 10.2. The maximum atomic E-state index is 12.9. The van der Waals surface area contributed by atoms with Crippen LogP contribution in [0, 0.1) is 5.82 Å². The third kappa shape index (κ3) is 3.09. The molecule has 1 fully saturated rings. The summed E-state index contributed by atoms with van der Waals surface area (Å²) in [6, 6.07) is 5.72. The second-order valence-electron chi connectivity index (χ2n) is 5.13. The second kappa shape index (κ2) is 6.03. The molecule has 0 N–H and O–H groups in total. The summed E-state index contributed by atoms with van der Waals surface area (Å²) >= 11 is 0. The Labute approximate surface area is 121 Å². The third-order valence-electron chi connectivity index (χ3n) is 3.59. The summed E-state index contributed by atoms with van der Waals surface area (Å²) in [5.74, 6) is -0.332. The highest BCUT2D eigenvalue weighted by atomic mass is 19.1. The number of carbonyl (C=O) groups is 1. The molecule has 2 heterocycles. The number of rotatable bonds is 2. The van der Waals surface area contributed by atoms with E-state index >= 15 is 0 Å². The summed E-state index contributed by atoms with van der Waals surface area (Å²) in [5, 5.41) is 7.69. The Kier molecular flexibility index (Phi) is 3.94. The molecule has 21 heavy (non-hydrogen) atoms. The quantitative estimate of drug-likeness (QED) is 0.853. The van der Waals surface area contributed by atoms with Crippen molar-refractivity contribution in [1.29, 1.82) is 0 Å². The van der Waals surface area contributed by atoms with E-state index in [0.717, 1.165) is 38.8 Å². The van der Waals surface area contributed by atoms with Gasteiger partial charge in [-0.15, -0.1) is 10.2 Å². The minimum Gasteiger partial charge on any atom is -0.412 e. The van der Waals surface area contributed by atoms with Crippen molar-refractivity contribution in [2.75, 3.05) is 13.1 Å². The molecule has 5 nitrogen and oxygen atoms in total. The number of likely N-dealkylation sites (tertiary alicyclic amines) is 1. The highest BCUT2D eigenvalue weighted by Gasteiger charge is 2.23. The number of hydrogen-bond donors (Lipinski definition) is 0. The summed E-state index contributed by atoms with van der Waals surface area (Å²) in [6.45, 7) is 1.46. The maximum absolute atomic E-state index is 12.9. The van der Waals surface area contributed by atoms with Crippen molar-refractivity contribution in [3.8, 4) is 11.5 Å². The highest BCUT2D eigenvalue weighted by molar-refractivity contribution is 5.89. The van der Waals surface area contributed by atoms with Crippen molar-refractivity contribution in [3.05, 3.63) is 36.0 Å². The van der Waals surface area contributed by atoms with Gasteiger partial charge in [-0.25, -0.2) is 4.39 Å². The molecule has 0 radical (unpaired) electrons. The van der Waals surface area contributed by atoms with Gasteiger partial charge in [-0.3, -0.25) is 4.79 Å². The lowest BCUT2D eigenvalue weighted by Crippen LogP contribution is -2.32. The van der Waals surface area contributed by atoms with Gasteiger partial charge in [0.05, 0.1) is 0 Å². The van der Waals surface area contributed by atoms with Gasteiger partial charge in [-0.05, 0) is 37.1 Å². The second-order valence-corrected chi connectivity index (χ2v) is 5.13. The molecule has 0 atom stereocenters. The van der Waals surface area contributed by atoms with Crippen LogP contribution < -0.4 is 0 Å². The molecule has 0 aliphatic carbocycles. The van der Waals surface area contributed by atoms with E-state index in [-0.39, 0.29) is 23.5 Å². The van der Waals surface area contributed by atoms with Crippen molar-refractivity contribution in [2.45, 2.75) is 25.7 Å². The van der Waals surface area contributed by atoms with Crippen LogP contribution in [0.2, 0.25) is 0 Å². The van der Waals surface area contributed by atoms with Gasteiger partial charge in [0.1, 0.15) is 5.82 Å². The van der Waals surface area contributed by atoms with E-state index in [4.69, 9.17) is 4.42 Å². The first-order chi connectivity index (χ1) is 10.2. The molecule has 1 aromatic heterocycles. The Bertz CT molecular complexity index is 616. The number of benzene rings is 1. The molecule has 6 heteroatoms. The lowest BCUT2D eigenvalue weighted by molar-refractivity contribution is 0.0722. The van der Waals surface area contributed by atoms with Crippen molar-refractivity contribution >= 4 is 5.91 Å². The predicted molar refractivity (Wildman–Crippen MR) is 74.1 cm³/mol. The van der Waals surface area contributed by atoms with Crippen molar-refractivity contribution in [1.82, 2.24) is 15.1 Å². The summed E-state index contributed by atoms with van der Waals surface area (Å²) in [7, 11) is 0. The van der Waals surface area contributed by atoms with Crippen LogP contribution in [-0.4, -0.2) is 34.1 Å². The topological polar surface area (TPSA) is 59.2 Å². The van der Waals surface area contributed by atoms with Crippen molar-refractivity contribution < 1.29 is 13.6 Å². The van der Waals surface area contributed by atoms with Crippen LogP contribution in [0.5, 0.6) is 0 Å². The van der Waals surface area contributed by atoms with Gasteiger partial charge in [-0.2, -0.15) is 0 Å². The van der Waals surface area contributed by atoms with E-state index in [2.05, 4.69) is 10.2 Å². The van der Waals surface area contributed by atoms with Gasteiger partial charge in [-0.1, -0.05) is 12.8 Å². The Balaban J connectivity index is 1.77. The Hall–Kier alpha value is -2.24. The Morgan fingerprint density at radius 3 is 2.38 bits per heavy atom. The average molecular weight is 289 g/mol. The fourth-order valence-corrected chi connectivity index (χ4v) is 2.43. The molecule has 3 rings (SSSR count). The maximum Gasteiger partial charge on any atom is 0.311 e. The molecule has 0 saturated carbocycles. The fourth-order valence-electron chi connectivity index (χ4n) is 2.43. The molecule has 0 spiro atoms. The zero-order valence-corrected chi connectivity index (χ0v) is 11.6. The van der Waals surface area contributed by atoms with E-state index in [0.29, 0.717) is 5.56 Å². The molecule has 1 aliphatic heterocycles. The SMILES string of the molecule is O=C(c1nnc(-c2ccc(F)cc2)o1)N1CCCCCC1. The number of amides is 1. The van der Waals surface area contributed by atoms with Crippen LogP contribution in [0.1, 0.15) is 36.4 Å². The third-order valence-corrected chi connectivity index (χ3v) is 3.59. The normalized spacial score (nSPS) is 15.8. The molecule has 1 saturated heterocycles. The zero-order valence-electron chi connectivity index (χ0n) is 11.6. The number of nitrogens with zero attached hydrogens (tertiary/aromatic N) is 3. The van der Waals surface area contributed by atoms with E-state index in [1.165, 1.54) is 12.1 Å². The molecule has 1 amide bonds. The highest BCUT2D eigenvalue weighted by Crippen LogP contribution is 2.19. The first kappa shape index (κ1) is 13.7. The molecule has 1 aliphatic rings. The Morgan fingerprint density at radius 1 is 1.05 bits per heavy atom. The minimum absolute atomic E-state index is 0.00350. The van der Waals surface area contributed by atoms with Crippen molar-refractivity contribution in [3.63, 3.8) is 0 Å². The standard InChI is InChI=1S/C15H16FN3O2/c16-12-7-5-11(6-8-12)13-17-18-14(21-13)15(20)19-9-3-1-2-4-10-19/h5-8H,1-4,9-10H2. The van der Waals surface area contributed by atoms with Gasteiger partial charge >= 0.3 is 11.8 Å². The van der Waals surface area contributed by atoms with Gasteiger partial charge in [0.2, 0.25) is 5.89 Å². The van der Waals surface area contributed by atoms with E-state index in [1.54, 1.807) is 17.0 Å². The van der Waals surface area contributed by atoms with E-state index in [1.807, 2.05) is 0 Å². The van der Waals surface area contributed by atoms with Crippen LogP contribution in [0.4, 0.5) is 4.39 Å². The van der Waals surface area contributed by atoms with Gasteiger partial charge in [0.25, 0.3) is 0 Å². The van der Waals surface area contributed by atoms with Gasteiger partial charge < -0.3 is 9.32 Å². The van der Waals surface area contributed by atoms with Crippen LogP contribution in [0.15, 0.2) is 28.7 Å². The molecule has 0 unspecified atom stereocenters. The zero-order chi connectivity index (χ0) is 14.7. The molecule has 110 valence electrons. The van der Waals surface area contributed by atoms with Crippen LogP contribution in [-0.2, 0) is 0 Å². The number of halogens is 1. The van der Waals surface area contributed by atoms with Gasteiger partial charge in [0, 0.05) is 18.7 Å². The summed E-state index contributed by atoms with van der Waals surface area (Å²) in [4.78, 5) is 14.1. The predicted octanol–water partition coefficient (Wildman–Crippen LogP) is 2.89. The first-order valence-corrected chi connectivity index (χ1v) is 7.13. The van der Waals surface area contributed by atoms with Gasteiger partial charge in [0.15, 0.2) is 0 Å². The van der Waals surface area contributed by atoms with Crippen LogP contribution in [0.3, 0.4) is 0 Å². The Morgan fingerprint density at radius 2 is 1.71 bits per heavy atom. The molecular formula is C15H16FN3O2. The first-order valence-electron chi connectivity index (χ1n) is 7.13. The minimum atomic E-state index is -0.334. The van der Waals surface area contributed by atoms with E-state index < -0.39 is 0 Å². The summed E-state index contributed by atoms with van der Waals surface area (Å²) in [6.07, 6.45) is 4.30. The molecule has 2 aromatic rings. The fraction of sp³-hybridized carbons (Fsp3) is 0.400. The monoisotopic (exact) mass is 289 g/mol. The number of hydrogen-bond acceptors (Lipinski definition) is 4. The number of aromatic nitrogens is 2. The molecule has 0 bridgehead atoms. The summed E-state index contributed by atoms with van der Waals surface area (Å²) in [5.41, 5.74) is 0.596. The van der Waals surface area contributed by atoms with Crippen molar-refractivity contribution in [2.24, 2.45) is 0 Å². The average Bonchev–Trinajstić information content (AvgIpc) is 2.83.